The van der Waals surface area contributed by atoms with E-state index in [0.717, 1.165) is 0 Å². The second kappa shape index (κ2) is 12.3. The average molecular weight is 329 g/mol. The van der Waals surface area contributed by atoms with Gasteiger partial charge in [0.25, 0.3) is 0 Å². The van der Waals surface area contributed by atoms with E-state index in [0.29, 0.717) is 0 Å². The molecule has 0 fully saturated rings. The Balaban J connectivity index is 3.48. The van der Waals surface area contributed by atoms with Crippen LogP contribution in [0.15, 0.2) is 0 Å². The zero-order chi connectivity index (χ0) is 12.2. The van der Waals surface area contributed by atoms with E-state index >= 15 is 0 Å². The van der Waals surface area contributed by atoms with Gasteiger partial charge in [0.15, 0.2) is 0 Å². The fourth-order valence-electron chi connectivity index (χ4n) is 2.47. The molecular formula is C14H32InN. The molecule has 0 bridgehead atoms. The van der Waals surface area contributed by atoms with Crippen molar-refractivity contribution in [2.24, 2.45) is 0 Å². The molecule has 0 spiro atoms. The second-order valence-corrected chi connectivity index (χ2v) is 15.6. The molecule has 0 aliphatic carbocycles. The first-order valence-corrected chi connectivity index (χ1v) is 14.5. The Morgan fingerprint density at radius 1 is 0.812 bits per heavy atom. The zero-order valence-corrected chi connectivity index (χ0v) is 15.4. The van der Waals surface area contributed by atoms with E-state index < -0.39 is 21.4 Å². The summed E-state index contributed by atoms with van der Waals surface area (Å²) in [7, 11) is 0. The van der Waals surface area contributed by atoms with Crippen LogP contribution in [0.3, 0.4) is 0 Å². The Kier molecular flexibility index (Phi) is 12.9. The van der Waals surface area contributed by atoms with Crippen LogP contribution in [-0.4, -0.2) is 46.0 Å². The third-order valence-corrected chi connectivity index (χ3v) is 14.4. The molecule has 0 rings (SSSR count). The SMILES string of the molecule is CCCN(CC)CCC[CH2][In]([CH2]C)[CH2]CC. The fraction of sp³-hybridized carbons (Fsp3) is 1.00. The minimum absolute atomic E-state index is 0.991. The second-order valence-electron chi connectivity index (χ2n) is 4.99. The van der Waals surface area contributed by atoms with E-state index in [-0.39, 0.29) is 0 Å². The van der Waals surface area contributed by atoms with Crippen molar-refractivity contribution in [3.63, 3.8) is 0 Å². The van der Waals surface area contributed by atoms with Crippen LogP contribution in [-0.2, 0) is 0 Å². The zero-order valence-electron chi connectivity index (χ0n) is 12.1. The fourth-order valence-corrected chi connectivity index (χ4v) is 10.4. The van der Waals surface area contributed by atoms with E-state index in [1.807, 2.05) is 0 Å². The normalized spacial score (nSPS) is 11.1. The third-order valence-electron chi connectivity index (χ3n) is 3.60. The molecular weight excluding hydrogens is 297 g/mol. The Morgan fingerprint density at radius 3 is 2.06 bits per heavy atom. The van der Waals surface area contributed by atoms with Crippen LogP contribution < -0.4 is 0 Å². The molecule has 0 heterocycles. The summed E-state index contributed by atoms with van der Waals surface area (Å²) in [6.07, 6.45) is 5.73. The summed E-state index contributed by atoms with van der Waals surface area (Å²) in [6.45, 7) is 13.3. The van der Waals surface area contributed by atoms with Crippen LogP contribution in [0.25, 0.3) is 0 Å². The summed E-state index contributed by atoms with van der Waals surface area (Å²) in [5, 5.41) is 0. The van der Waals surface area contributed by atoms with Gasteiger partial charge in [-0.15, -0.1) is 0 Å². The number of hydrogen-bond donors (Lipinski definition) is 0. The summed E-state index contributed by atoms with van der Waals surface area (Å²) in [5.41, 5.74) is 0. The van der Waals surface area contributed by atoms with E-state index in [2.05, 4.69) is 32.6 Å². The van der Waals surface area contributed by atoms with E-state index in [9.17, 15) is 0 Å². The van der Waals surface area contributed by atoms with Gasteiger partial charge in [0.2, 0.25) is 0 Å². The van der Waals surface area contributed by atoms with Gasteiger partial charge in [0.1, 0.15) is 0 Å². The molecule has 0 aromatic rings. The maximum atomic E-state index is 2.61. The predicted molar refractivity (Wildman–Crippen MR) is 77.8 cm³/mol. The van der Waals surface area contributed by atoms with Crippen molar-refractivity contribution < 1.29 is 0 Å². The van der Waals surface area contributed by atoms with Crippen LogP contribution >= 0.6 is 0 Å². The Bertz CT molecular complexity index is 123. The standard InChI is InChI=1S/C9H20N.C3H7.C2H5.In/c1-4-7-9-10(6-3)8-5-2;1-3-2;1-2;/h1,4-9H2,2-3H3;1,3H2,2H3;1H2,2H3;. The molecule has 0 unspecified atom stereocenters. The van der Waals surface area contributed by atoms with Crippen LogP contribution in [0, 0.1) is 0 Å². The van der Waals surface area contributed by atoms with Crippen molar-refractivity contribution >= 4 is 21.4 Å². The van der Waals surface area contributed by atoms with Crippen LogP contribution in [0.2, 0.25) is 12.5 Å². The molecule has 0 saturated heterocycles. The Morgan fingerprint density at radius 2 is 1.56 bits per heavy atom. The quantitative estimate of drug-likeness (QED) is 0.507. The topological polar surface area (TPSA) is 3.24 Å². The molecule has 0 aliphatic rings. The van der Waals surface area contributed by atoms with Gasteiger partial charge in [-0.05, 0) is 0 Å². The van der Waals surface area contributed by atoms with Crippen LogP contribution in [0.1, 0.15) is 53.4 Å². The first-order valence-electron chi connectivity index (χ1n) is 7.50. The van der Waals surface area contributed by atoms with E-state index in [4.69, 9.17) is 0 Å². The van der Waals surface area contributed by atoms with Gasteiger partial charge >= 0.3 is 112 Å². The van der Waals surface area contributed by atoms with Crippen molar-refractivity contribution in [1.29, 1.82) is 0 Å². The number of unbranched alkanes of at least 4 members (excludes halogenated alkanes) is 1. The average Bonchev–Trinajstić information content (AvgIpc) is 2.31. The first-order chi connectivity index (χ1) is 7.78. The van der Waals surface area contributed by atoms with E-state index in [1.165, 1.54) is 45.3 Å². The molecule has 0 aromatic carbocycles. The molecule has 0 aliphatic heterocycles. The molecule has 0 atom stereocenters. The van der Waals surface area contributed by atoms with Gasteiger partial charge in [-0.25, -0.2) is 0 Å². The molecule has 0 radical (unpaired) electrons. The molecule has 0 aromatic heterocycles. The van der Waals surface area contributed by atoms with Crippen molar-refractivity contribution in [1.82, 2.24) is 4.90 Å². The summed E-state index contributed by atoms with van der Waals surface area (Å²) in [4.78, 5) is 2.61. The van der Waals surface area contributed by atoms with Crippen molar-refractivity contribution in [2.75, 3.05) is 19.6 Å². The molecule has 2 heteroatoms. The molecule has 16 heavy (non-hydrogen) atoms. The van der Waals surface area contributed by atoms with Gasteiger partial charge in [-0.2, -0.15) is 0 Å². The molecule has 0 N–H and O–H groups in total. The Labute approximate surface area is 112 Å². The number of hydrogen-bond acceptors (Lipinski definition) is 1. The van der Waals surface area contributed by atoms with Crippen molar-refractivity contribution in [3.05, 3.63) is 0 Å². The molecule has 96 valence electrons. The summed E-state index contributed by atoms with van der Waals surface area (Å²) < 4.78 is 4.89. The Hall–Kier alpha value is 0.830. The van der Waals surface area contributed by atoms with Gasteiger partial charge in [-0.1, -0.05) is 0 Å². The maximum absolute atomic E-state index is 2.61. The monoisotopic (exact) mass is 329 g/mol. The number of nitrogens with zero attached hydrogens (tertiary/aromatic N) is 1. The van der Waals surface area contributed by atoms with Crippen LogP contribution in [0.5, 0.6) is 0 Å². The first kappa shape index (κ1) is 16.8. The van der Waals surface area contributed by atoms with Crippen molar-refractivity contribution in [2.45, 2.75) is 65.9 Å². The predicted octanol–water partition coefficient (Wildman–Crippen LogP) is 4.42. The minimum atomic E-state index is -0.991. The van der Waals surface area contributed by atoms with Gasteiger partial charge in [-0.3, -0.25) is 0 Å². The number of rotatable bonds is 11. The van der Waals surface area contributed by atoms with Crippen molar-refractivity contribution in [3.8, 4) is 0 Å². The van der Waals surface area contributed by atoms with Gasteiger partial charge in [0, 0.05) is 0 Å². The molecule has 1 nitrogen and oxygen atoms in total. The summed E-state index contributed by atoms with van der Waals surface area (Å²) >= 11 is -0.991. The van der Waals surface area contributed by atoms with Crippen LogP contribution in [0.4, 0.5) is 0 Å². The third kappa shape index (κ3) is 8.92. The summed E-state index contributed by atoms with van der Waals surface area (Å²) in [5.74, 6) is 0. The summed E-state index contributed by atoms with van der Waals surface area (Å²) in [6, 6.07) is 0. The molecule has 0 saturated carbocycles. The molecule has 0 amide bonds. The van der Waals surface area contributed by atoms with Gasteiger partial charge < -0.3 is 0 Å². The van der Waals surface area contributed by atoms with E-state index in [1.54, 1.807) is 12.5 Å². The van der Waals surface area contributed by atoms with Gasteiger partial charge in [0.05, 0.1) is 0 Å².